The van der Waals surface area contributed by atoms with Crippen LogP contribution in [0.4, 0.5) is 0 Å². The zero-order valence-corrected chi connectivity index (χ0v) is 10.9. The Labute approximate surface area is 119 Å². The molecule has 2 aromatic heterocycles. The minimum absolute atomic E-state index is 0.111. The van der Waals surface area contributed by atoms with E-state index in [4.69, 9.17) is 14.0 Å². The molecule has 4 atom stereocenters. The minimum Gasteiger partial charge on any atom is -0.388 e. The highest BCUT2D eigenvalue weighted by atomic mass is 16.6. The van der Waals surface area contributed by atoms with Gasteiger partial charge in [0.25, 0.3) is 5.91 Å². The zero-order chi connectivity index (χ0) is 14.4. The molecule has 2 fully saturated rings. The van der Waals surface area contributed by atoms with E-state index in [0.717, 1.165) is 0 Å². The van der Waals surface area contributed by atoms with E-state index in [0.29, 0.717) is 17.6 Å². The van der Waals surface area contributed by atoms with Crippen molar-refractivity contribution < 1.29 is 23.9 Å². The van der Waals surface area contributed by atoms with E-state index in [1.165, 1.54) is 0 Å². The fourth-order valence-corrected chi connectivity index (χ4v) is 2.79. The summed E-state index contributed by atoms with van der Waals surface area (Å²) in [5.41, 5.74) is 0.385. The molecule has 2 aliphatic heterocycles. The molecular weight excluding hydrogens is 278 g/mol. The zero-order valence-electron chi connectivity index (χ0n) is 10.9. The van der Waals surface area contributed by atoms with Crippen molar-refractivity contribution >= 4 is 16.9 Å². The van der Waals surface area contributed by atoms with E-state index in [9.17, 15) is 9.90 Å². The lowest BCUT2D eigenvalue weighted by Crippen LogP contribution is -2.44. The van der Waals surface area contributed by atoms with Gasteiger partial charge in [0, 0.05) is 6.20 Å². The Hall–Kier alpha value is -2.03. The van der Waals surface area contributed by atoms with Gasteiger partial charge in [0.15, 0.2) is 0 Å². The molecule has 2 aromatic rings. The maximum Gasteiger partial charge on any atom is 0.291 e. The van der Waals surface area contributed by atoms with Crippen molar-refractivity contribution in [3.8, 4) is 0 Å². The number of aliphatic hydroxyl groups is 1. The third-order valence-electron chi connectivity index (χ3n) is 3.80. The topological polar surface area (TPSA) is 107 Å². The average Bonchev–Trinajstić information content (AvgIpc) is 3.16. The van der Waals surface area contributed by atoms with Crippen LogP contribution in [0.5, 0.6) is 0 Å². The second-order valence-electron chi connectivity index (χ2n) is 5.13. The Morgan fingerprint density at radius 3 is 3.10 bits per heavy atom. The summed E-state index contributed by atoms with van der Waals surface area (Å²) >= 11 is 0. The molecule has 110 valence electrons. The number of carbonyl (C=O) groups is 1. The smallest absolute Gasteiger partial charge is 0.291 e. The molecule has 0 radical (unpaired) electrons. The number of carbonyl (C=O) groups excluding carboxylic acids is 1. The third-order valence-corrected chi connectivity index (χ3v) is 3.80. The molecule has 2 aliphatic rings. The molecule has 0 saturated carbocycles. The summed E-state index contributed by atoms with van der Waals surface area (Å²) in [6.07, 6.45) is 0.210. The molecule has 8 nitrogen and oxygen atoms in total. The maximum atomic E-state index is 12.3. The highest BCUT2D eigenvalue weighted by Crippen LogP contribution is 2.27. The van der Waals surface area contributed by atoms with Crippen LogP contribution in [0, 0.1) is 0 Å². The number of nitrogens with zero attached hydrogens (tertiary/aromatic N) is 2. The second kappa shape index (κ2) is 4.76. The summed E-state index contributed by atoms with van der Waals surface area (Å²) in [6, 6.07) is 3.11. The van der Waals surface area contributed by atoms with Crippen molar-refractivity contribution in [1.29, 1.82) is 0 Å². The van der Waals surface area contributed by atoms with Crippen LogP contribution in [0.1, 0.15) is 10.6 Å². The highest BCUT2D eigenvalue weighted by molar-refractivity contribution is 6.02. The van der Waals surface area contributed by atoms with Crippen LogP contribution >= 0.6 is 0 Å². The van der Waals surface area contributed by atoms with Crippen molar-refractivity contribution in [2.24, 2.45) is 0 Å². The molecule has 0 unspecified atom stereocenters. The first-order valence-electron chi connectivity index (χ1n) is 6.66. The van der Waals surface area contributed by atoms with E-state index in [2.05, 4.69) is 15.5 Å². The summed E-state index contributed by atoms with van der Waals surface area (Å²) < 4.78 is 16.0. The lowest BCUT2D eigenvalue weighted by Gasteiger charge is -2.16. The van der Waals surface area contributed by atoms with Gasteiger partial charge in [-0.05, 0) is 12.1 Å². The lowest BCUT2D eigenvalue weighted by atomic mass is 10.1. The van der Waals surface area contributed by atoms with Crippen LogP contribution in [0.2, 0.25) is 0 Å². The quantitative estimate of drug-likeness (QED) is 0.766. The molecule has 8 heteroatoms. The molecular formula is C13H13N3O5. The van der Waals surface area contributed by atoms with E-state index in [1.807, 2.05) is 0 Å². The van der Waals surface area contributed by atoms with Gasteiger partial charge < -0.3 is 24.4 Å². The average molecular weight is 291 g/mol. The molecule has 1 amide bonds. The lowest BCUT2D eigenvalue weighted by molar-refractivity contribution is 0.0178. The summed E-state index contributed by atoms with van der Waals surface area (Å²) in [7, 11) is 0. The van der Waals surface area contributed by atoms with Crippen LogP contribution in [0.15, 0.2) is 22.9 Å². The number of aromatic nitrogens is 2. The number of amides is 1. The number of hydrogen-bond acceptors (Lipinski definition) is 7. The van der Waals surface area contributed by atoms with Gasteiger partial charge in [0.2, 0.25) is 11.4 Å². The van der Waals surface area contributed by atoms with E-state index >= 15 is 0 Å². The van der Waals surface area contributed by atoms with Gasteiger partial charge in [-0.3, -0.25) is 4.79 Å². The molecule has 0 spiro atoms. The molecule has 0 bridgehead atoms. The van der Waals surface area contributed by atoms with Gasteiger partial charge >= 0.3 is 0 Å². The third kappa shape index (κ3) is 1.99. The fourth-order valence-electron chi connectivity index (χ4n) is 2.79. The Morgan fingerprint density at radius 1 is 1.33 bits per heavy atom. The van der Waals surface area contributed by atoms with E-state index in [1.54, 1.807) is 18.3 Å². The standard InChI is InChI=1S/C13H13N3O5/c17-8-5-20-10-7(4-19-11(8)10)15-13(18)9-6-2-1-3-14-12(6)16-21-9/h1-3,7-8,10-11,17H,4-5H2,(H,15,18)/t7-,8+,10+,11+/m0/s1. The van der Waals surface area contributed by atoms with Crippen molar-refractivity contribution in [3.63, 3.8) is 0 Å². The summed E-state index contributed by atoms with van der Waals surface area (Å²) in [5.74, 6) is -0.287. The molecule has 2 N–H and O–H groups in total. The first-order valence-corrected chi connectivity index (χ1v) is 6.66. The number of hydrogen-bond donors (Lipinski definition) is 2. The number of ether oxygens (including phenoxy) is 2. The number of rotatable bonds is 2. The fraction of sp³-hybridized carbons (Fsp3) is 0.462. The van der Waals surface area contributed by atoms with Crippen molar-refractivity contribution in [2.45, 2.75) is 24.4 Å². The SMILES string of the molecule is O=C(N[C@H]1CO[C@H]2[C@@H]1OC[C@H]2O)c1onc2ncccc12. The highest BCUT2D eigenvalue weighted by Gasteiger charge is 2.47. The Kier molecular flexibility index (Phi) is 2.88. The van der Waals surface area contributed by atoms with Crippen molar-refractivity contribution in [1.82, 2.24) is 15.5 Å². The molecule has 0 aromatic carbocycles. The Balaban J connectivity index is 1.54. The Morgan fingerprint density at radius 2 is 2.19 bits per heavy atom. The number of nitrogens with one attached hydrogen (secondary N) is 1. The minimum atomic E-state index is -0.646. The van der Waals surface area contributed by atoms with Crippen LogP contribution in [-0.2, 0) is 9.47 Å². The first kappa shape index (κ1) is 12.7. The van der Waals surface area contributed by atoms with Gasteiger partial charge in [-0.1, -0.05) is 5.16 Å². The molecule has 4 rings (SSSR count). The number of aliphatic hydroxyl groups excluding tert-OH is 1. The second-order valence-corrected chi connectivity index (χ2v) is 5.13. The van der Waals surface area contributed by atoms with Gasteiger partial charge in [0.05, 0.1) is 24.6 Å². The normalized spacial score (nSPS) is 31.5. The monoisotopic (exact) mass is 291 g/mol. The van der Waals surface area contributed by atoms with E-state index in [-0.39, 0.29) is 30.6 Å². The van der Waals surface area contributed by atoms with Crippen LogP contribution in [-0.4, -0.2) is 58.7 Å². The van der Waals surface area contributed by atoms with Crippen molar-refractivity contribution in [2.75, 3.05) is 13.2 Å². The maximum absolute atomic E-state index is 12.3. The first-order chi connectivity index (χ1) is 10.2. The number of fused-ring (bicyclic) bond motifs is 2. The van der Waals surface area contributed by atoms with E-state index < -0.39 is 12.0 Å². The predicted molar refractivity (Wildman–Crippen MR) is 68.5 cm³/mol. The van der Waals surface area contributed by atoms with Gasteiger partial charge in [-0.2, -0.15) is 0 Å². The van der Waals surface area contributed by atoms with Gasteiger partial charge in [-0.15, -0.1) is 0 Å². The molecule has 21 heavy (non-hydrogen) atoms. The van der Waals surface area contributed by atoms with Crippen LogP contribution < -0.4 is 5.32 Å². The predicted octanol–water partition coefficient (Wildman–Crippen LogP) is -0.520. The summed E-state index contributed by atoms with van der Waals surface area (Å²) in [6.45, 7) is 0.513. The number of pyridine rings is 1. The van der Waals surface area contributed by atoms with Crippen LogP contribution in [0.25, 0.3) is 11.0 Å². The Bertz CT molecular complexity index is 687. The summed E-state index contributed by atoms with van der Waals surface area (Å²) in [5, 5.41) is 16.8. The van der Waals surface area contributed by atoms with Crippen molar-refractivity contribution in [3.05, 3.63) is 24.1 Å². The largest absolute Gasteiger partial charge is 0.388 e. The van der Waals surface area contributed by atoms with Gasteiger partial charge in [0.1, 0.15) is 18.3 Å². The van der Waals surface area contributed by atoms with Gasteiger partial charge in [-0.25, -0.2) is 4.98 Å². The summed E-state index contributed by atoms with van der Waals surface area (Å²) in [4.78, 5) is 16.3. The van der Waals surface area contributed by atoms with Crippen LogP contribution in [0.3, 0.4) is 0 Å². The molecule has 0 aliphatic carbocycles. The molecule has 4 heterocycles. The molecule has 2 saturated heterocycles.